The highest BCUT2D eigenvalue weighted by Gasteiger charge is 2.37. The predicted octanol–water partition coefficient (Wildman–Crippen LogP) is -0.681. The van der Waals surface area contributed by atoms with E-state index in [1.165, 1.54) is 38.4 Å². The van der Waals surface area contributed by atoms with Crippen LogP contribution in [0.25, 0.3) is 17.7 Å². The lowest BCUT2D eigenvalue weighted by Gasteiger charge is -2.29. The van der Waals surface area contributed by atoms with Crippen LogP contribution in [-0.2, 0) is 0 Å². The van der Waals surface area contributed by atoms with E-state index in [1.54, 1.807) is 0 Å². The molecule has 8 heteroatoms. The van der Waals surface area contributed by atoms with Crippen LogP contribution in [0.15, 0.2) is 29.8 Å². The summed E-state index contributed by atoms with van der Waals surface area (Å²) in [6.45, 7) is 12.2. The van der Waals surface area contributed by atoms with Gasteiger partial charge in [-0.2, -0.15) is 0 Å². The topological polar surface area (TPSA) is 117 Å². The lowest BCUT2D eigenvalue weighted by Crippen LogP contribution is -2.68. The zero-order valence-corrected chi connectivity index (χ0v) is 20.3. The van der Waals surface area contributed by atoms with Crippen LogP contribution in [0.5, 0.6) is 11.5 Å². The van der Waals surface area contributed by atoms with Crippen LogP contribution < -0.4 is 43.8 Å². The first-order chi connectivity index (χ1) is 15.3. The summed E-state index contributed by atoms with van der Waals surface area (Å²) in [4.78, 5) is 0. The Labute approximate surface area is 195 Å². The second-order valence-electron chi connectivity index (χ2n) is 9.06. The second-order valence-corrected chi connectivity index (χ2v) is 9.82. The Bertz CT molecular complexity index is 1340. The Morgan fingerprint density at radius 3 is 2.33 bits per heavy atom. The average molecular weight is 471 g/mol. The smallest absolute Gasteiger partial charge is 0.212 e. The molecule has 0 saturated carbocycles. The average Bonchev–Trinajstić information content (AvgIpc) is 2.73. The summed E-state index contributed by atoms with van der Waals surface area (Å²) in [5.74, 6) is 1.87. The van der Waals surface area contributed by atoms with Gasteiger partial charge in [0.1, 0.15) is 18.5 Å². The number of ether oxygens (including phenoxy) is 1. The number of nitrogens with one attached hydrogen (secondary N) is 1. The van der Waals surface area contributed by atoms with Gasteiger partial charge in [0.15, 0.2) is 5.54 Å². The fraction of sp³-hybridized carbons (Fsp3) is 0.320. The minimum atomic E-state index is -4.94. The minimum Gasteiger partial charge on any atom is -0.456 e. The molecule has 0 saturated heterocycles. The normalized spacial score (nSPS) is 17.3. The number of hydrogen-bond donors (Lipinski definition) is 1. The maximum atomic E-state index is 8.49. The van der Waals surface area contributed by atoms with E-state index in [0.29, 0.717) is 0 Å². The van der Waals surface area contributed by atoms with Gasteiger partial charge in [0.05, 0.1) is 11.6 Å². The van der Waals surface area contributed by atoms with Gasteiger partial charge in [-0.15, -0.1) is 10.2 Å². The first-order valence-electron chi connectivity index (χ1n) is 10.6. The maximum Gasteiger partial charge on any atom is 0.212 e. The number of hydrogen-bond acceptors (Lipinski definition) is 6. The number of anilines is 1. The molecule has 0 spiro atoms. The van der Waals surface area contributed by atoms with Crippen LogP contribution in [0.1, 0.15) is 49.9 Å². The molecular formula is C25H27ClN2O5. The third kappa shape index (κ3) is 4.18. The van der Waals surface area contributed by atoms with Gasteiger partial charge in [0.2, 0.25) is 5.36 Å². The number of fused-ring (bicyclic) bond motifs is 4. The van der Waals surface area contributed by atoms with Crippen molar-refractivity contribution in [2.24, 2.45) is 0 Å². The summed E-state index contributed by atoms with van der Waals surface area (Å²) >= 11 is 0. The molecule has 1 N–H and O–H groups in total. The Kier molecular flexibility index (Phi) is 5.67. The van der Waals surface area contributed by atoms with Crippen molar-refractivity contribution in [3.63, 3.8) is 0 Å². The predicted molar refractivity (Wildman–Crippen MR) is 118 cm³/mol. The molecular weight excluding hydrogens is 444 g/mol. The molecule has 0 atom stereocenters. The highest BCUT2D eigenvalue weighted by Crippen LogP contribution is 2.36. The maximum absolute atomic E-state index is 8.49. The zero-order valence-electron chi connectivity index (χ0n) is 19.5. The van der Waals surface area contributed by atoms with Gasteiger partial charge in [0, 0.05) is 48.5 Å². The molecule has 3 heterocycles. The van der Waals surface area contributed by atoms with E-state index in [1.807, 2.05) is 0 Å². The number of rotatable bonds is 0. The van der Waals surface area contributed by atoms with E-state index < -0.39 is 10.2 Å². The van der Waals surface area contributed by atoms with Crippen molar-refractivity contribution in [3.8, 4) is 11.5 Å². The molecule has 174 valence electrons. The van der Waals surface area contributed by atoms with E-state index in [0.717, 1.165) is 29.3 Å². The van der Waals surface area contributed by atoms with Crippen LogP contribution in [0.3, 0.4) is 0 Å². The first kappa shape index (κ1) is 23.5. The lowest BCUT2D eigenvalue weighted by molar-refractivity contribution is -2.00. The van der Waals surface area contributed by atoms with Gasteiger partial charge in [-0.25, -0.2) is 23.2 Å². The van der Waals surface area contributed by atoms with Gasteiger partial charge in [-0.3, -0.25) is 0 Å². The molecule has 2 aromatic rings. The van der Waals surface area contributed by atoms with Crippen molar-refractivity contribution < 1.29 is 33.6 Å². The van der Waals surface area contributed by atoms with E-state index in [9.17, 15) is 0 Å². The summed E-state index contributed by atoms with van der Waals surface area (Å²) in [5, 5.41) is 5.88. The molecule has 7 nitrogen and oxygen atoms in total. The SMILES string of the molecule is CC1=C(C)C(C)(C)[N+](C)=c2cc3c(c(C)c21)=Cc1cc2c(cc1O3)NCC=C2.[O-][Cl+3]([O-])([O-])[O-]. The zero-order chi connectivity index (χ0) is 24.3. The van der Waals surface area contributed by atoms with Crippen LogP contribution in [0.2, 0.25) is 0 Å². The molecule has 0 aromatic heterocycles. The van der Waals surface area contributed by atoms with E-state index in [2.05, 4.69) is 88.0 Å². The molecule has 0 radical (unpaired) electrons. The highest BCUT2D eigenvalue weighted by atomic mass is 35.7. The summed E-state index contributed by atoms with van der Waals surface area (Å²) in [6, 6.07) is 6.57. The third-order valence-corrected chi connectivity index (χ3v) is 7.03. The fourth-order valence-electron chi connectivity index (χ4n) is 4.72. The number of allylic oxidation sites excluding steroid dienone is 1. The second kappa shape index (κ2) is 7.97. The molecule has 0 fully saturated rings. The van der Waals surface area contributed by atoms with E-state index >= 15 is 0 Å². The van der Waals surface area contributed by atoms with Gasteiger partial charge in [-0.1, -0.05) is 12.2 Å². The summed E-state index contributed by atoms with van der Waals surface area (Å²) in [7, 11) is -2.76. The van der Waals surface area contributed by atoms with Crippen molar-refractivity contribution in [1.82, 2.24) is 4.58 Å². The molecule has 3 aliphatic rings. The third-order valence-electron chi connectivity index (χ3n) is 7.03. The van der Waals surface area contributed by atoms with Gasteiger partial charge >= 0.3 is 0 Å². The highest BCUT2D eigenvalue weighted by molar-refractivity contribution is 5.79. The quantitative estimate of drug-likeness (QED) is 0.435. The van der Waals surface area contributed by atoms with Crippen molar-refractivity contribution in [2.45, 2.75) is 40.2 Å². The van der Waals surface area contributed by atoms with Crippen molar-refractivity contribution in [3.05, 3.63) is 62.7 Å². The van der Waals surface area contributed by atoms with Crippen LogP contribution in [-0.4, -0.2) is 19.1 Å². The summed E-state index contributed by atoms with van der Waals surface area (Å²) in [6.07, 6.45) is 6.62. The molecule has 0 unspecified atom stereocenters. The van der Waals surface area contributed by atoms with Gasteiger partial charge in [0.25, 0.3) is 0 Å². The van der Waals surface area contributed by atoms with Crippen LogP contribution in [0, 0.1) is 17.2 Å². The monoisotopic (exact) mass is 470 g/mol. The number of benzene rings is 2. The minimum absolute atomic E-state index is 0.0105. The molecule has 0 aliphatic carbocycles. The number of likely N-dealkylation sites (N-methyl/N-ethyl adjacent to an activating group) is 1. The van der Waals surface area contributed by atoms with Crippen molar-refractivity contribution in [1.29, 1.82) is 0 Å². The first-order valence-corrected chi connectivity index (χ1v) is 11.8. The standard InChI is InChI=1S/C25H26N2O.ClHO4/c1-14-16(3)25(4,5)27(6)21-13-23-19(15(2)24(14)21)11-18-10-17-8-7-9-26-20(17)12-22(18)28-23;2-1(3,4)5/h7-8,10-13H,9H2,1-6H3;(H,2,3,4,5). The Morgan fingerprint density at radius 2 is 1.67 bits per heavy atom. The fourth-order valence-corrected chi connectivity index (χ4v) is 4.72. The Balaban J connectivity index is 0.000000471. The molecule has 5 rings (SSSR count). The van der Waals surface area contributed by atoms with Gasteiger partial charge < -0.3 is 10.1 Å². The lowest BCUT2D eigenvalue weighted by atomic mass is 9.83. The Morgan fingerprint density at radius 1 is 1.00 bits per heavy atom. The van der Waals surface area contributed by atoms with Crippen LogP contribution >= 0.6 is 0 Å². The van der Waals surface area contributed by atoms with E-state index in [4.69, 9.17) is 23.4 Å². The van der Waals surface area contributed by atoms with Crippen molar-refractivity contribution >= 4 is 23.4 Å². The van der Waals surface area contributed by atoms with Gasteiger partial charge in [-0.05, 0) is 49.6 Å². The molecule has 0 bridgehead atoms. The summed E-state index contributed by atoms with van der Waals surface area (Å²) in [5.41, 5.74) is 8.94. The molecule has 33 heavy (non-hydrogen) atoms. The molecule has 2 aromatic carbocycles. The molecule has 0 amide bonds. The Hall–Kier alpha value is -2.68. The summed E-state index contributed by atoms with van der Waals surface area (Å²) < 4.78 is 42.8. The van der Waals surface area contributed by atoms with E-state index in [-0.39, 0.29) is 5.54 Å². The largest absolute Gasteiger partial charge is 0.456 e. The number of halogens is 1. The van der Waals surface area contributed by atoms with Crippen LogP contribution in [0.4, 0.5) is 5.69 Å². The number of nitrogens with zero attached hydrogens (tertiary/aromatic N) is 1. The molecule has 3 aliphatic heterocycles. The van der Waals surface area contributed by atoms with Crippen molar-refractivity contribution in [2.75, 3.05) is 18.9 Å².